The standard InChI is InChI=1S/C20H23FN4/c1-14-2-7-19-18(12-14)24-20(23-17-8-10-22-11-9-17)25(19)13-15-3-5-16(21)6-4-15/h2-7,12,17,22H,8-11,13H2,1H3,(H,23,24). The molecular weight excluding hydrogens is 315 g/mol. The van der Waals surface area contributed by atoms with Crippen LogP contribution in [0.1, 0.15) is 24.0 Å². The van der Waals surface area contributed by atoms with Gasteiger partial charge in [0.05, 0.1) is 17.6 Å². The van der Waals surface area contributed by atoms with Crippen molar-refractivity contribution < 1.29 is 4.39 Å². The molecule has 1 fully saturated rings. The molecule has 0 amide bonds. The molecule has 1 aliphatic heterocycles. The topological polar surface area (TPSA) is 41.9 Å². The van der Waals surface area contributed by atoms with Crippen molar-refractivity contribution in [1.82, 2.24) is 14.9 Å². The van der Waals surface area contributed by atoms with Crippen LogP contribution in [-0.2, 0) is 6.54 Å². The first-order chi connectivity index (χ1) is 12.2. The summed E-state index contributed by atoms with van der Waals surface area (Å²) in [6, 6.07) is 13.5. The second-order valence-corrected chi connectivity index (χ2v) is 6.81. The van der Waals surface area contributed by atoms with Gasteiger partial charge in [-0.2, -0.15) is 0 Å². The minimum absolute atomic E-state index is 0.206. The number of hydrogen-bond acceptors (Lipinski definition) is 3. The van der Waals surface area contributed by atoms with Crippen LogP contribution in [0, 0.1) is 12.7 Å². The van der Waals surface area contributed by atoms with Gasteiger partial charge in [0.25, 0.3) is 0 Å². The molecular formula is C20H23FN4. The van der Waals surface area contributed by atoms with E-state index >= 15 is 0 Å². The summed E-state index contributed by atoms with van der Waals surface area (Å²) in [5.41, 5.74) is 4.37. The van der Waals surface area contributed by atoms with Gasteiger partial charge in [-0.25, -0.2) is 9.37 Å². The highest BCUT2D eigenvalue weighted by Gasteiger charge is 2.17. The highest BCUT2D eigenvalue weighted by Crippen LogP contribution is 2.24. The van der Waals surface area contributed by atoms with Crippen LogP contribution in [0.2, 0.25) is 0 Å². The first-order valence-corrected chi connectivity index (χ1v) is 8.87. The Bertz CT molecular complexity index is 863. The Morgan fingerprint density at radius 3 is 2.68 bits per heavy atom. The quantitative estimate of drug-likeness (QED) is 0.762. The molecule has 2 N–H and O–H groups in total. The molecule has 4 nitrogen and oxygen atoms in total. The number of nitrogens with one attached hydrogen (secondary N) is 2. The summed E-state index contributed by atoms with van der Waals surface area (Å²) in [6.07, 6.45) is 2.19. The van der Waals surface area contributed by atoms with Crippen LogP contribution in [0.15, 0.2) is 42.5 Å². The summed E-state index contributed by atoms with van der Waals surface area (Å²) in [5, 5.41) is 7.02. The largest absolute Gasteiger partial charge is 0.353 e. The number of piperidine rings is 1. The molecule has 1 aliphatic rings. The Hall–Kier alpha value is -2.40. The van der Waals surface area contributed by atoms with Crippen LogP contribution >= 0.6 is 0 Å². The summed E-state index contributed by atoms with van der Waals surface area (Å²) in [6.45, 7) is 4.83. The van der Waals surface area contributed by atoms with E-state index in [9.17, 15) is 4.39 Å². The Balaban J connectivity index is 1.70. The van der Waals surface area contributed by atoms with Crippen LogP contribution in [0.5, 0.6) is 0 Å². The van der Waals surface area contributed by atoms with Crippen LogP contribution in [0.3, 0.4) is 0 Å². The van der Waals surface area contributed by atoms with Gasteiger partial charge in [-0.05, 0) is 68.2 Å². The fraction of sp³-hybridized carbons (Fsp3) is 0.350. The minimum atomic E-state index is -0.206. The van der Waals surface area contributed by atoms with Crippen molar-refractivity contribution in [2.24, 2.45) is 0 Å². The van der Waals surface area contributed by atoms with Crippen LogP contribution < -0.4 is 10.6 Å². The van der Waals surface area contributed by atoms with Crippen LogP contribution in [0.4, 0.5) is 10.3 Å². The molecule has 2 heterocycles. The highest BCUT2D eigenvalue weighted by atomic mass is 19.1. The predicted molar refractivity (Wildman–Crippen MR) is 99.5 cm³/mol. The molecule has 0 atom stereocenters. The Labute approximate surface area is 147 Å². The van der Waals surface area contributed by atoms with E-state index in [0.29, 0.717) is 12.6 Å². The van der Waals surface area contributed by atoms with E-state index in [1.165, 1.54) is 17.7 Å². The average Bonchev–Trinajstić information content (AvgIpc) is 2.94. The lowest BCUT2D eigenvalue weighted by Gasteiger charge is -2.24. The SMILES string of the molecule is Cc1ccc2c(c1)nc(NC1CCNCC1)n2Cc1ccc(F)cc1. The first kappa shape index (κ1) is 16.1. The van der Waals surface area contributed by atoms with E-state index in [1.54, 1.807) is 0 Å². The van der Waals surface area contributed by atoms with Crippen molar-refractivity contribution in [2.45, 2.75) is 32.4 Å². The zero-order valence-electron chi connectivity index (χ0n) is 14.4. The summed E-state index contributed by atoms with van der Waals surface area (Å²) in [7, 11) is 0. The number of aryl methyl sites for hydroxylation is 1. The molecule has 0 saturated carbocycles. The van der Waals surface area contributed by atoms with E-state index in [1.807, 2.05) is 12.1 Å². The van der Waals surface area contributed by atoms with Crippen molar-refractivity contribution in [3.8, 4) is 0 Å². The van der Waals surface area contributed by atoms with Gasteiger partial charge < -0.3 is 15.2 Å². The number of fused-ring (bicyclic) bond motifs is 1. The molecule has 0 spiro atoms. The van der Waals surface area contributed by atoms with Gasteiger partial charge in [0.15, 0.2) is 0 Å². The third kappa shape index (κ3) is 3.51. The van der Waals surface area contributed by atoms with E-state index in [2.05, 4.69) is 40.3 Å². The summed E-state index contributed by atoms with van der Waals surface area (Å²) in [5.74, 6) is 0.694. The summed E-state index contributed by atoms with van der Waals surface area (Å²) < 4.78 is 15.4. The van der Waals surface area contributed by atoms with E-state index < -0.39 is 0 Å². The van der Waals surface area contributed by atoms with E-state index in [-0.39, 0.29) is 5.82 Å². The third-order valence-corrected chi connectivity index (χ3v) is 4.83. The monoisotopic (exact) mass is 338 g/mol. The number of benzene rings is 2. The first-order valence-electron chi connectivity index (χ1n) is 8.87. The maximum Gasteiger partial charge on any atom is 0.204 e. The molecule has 1 saturated heterocycles. The zero-order chi connectivity index (χ0) is 17.2. The Kier molecular flexibility index (Phi) is 4.40. The van der Waals surface area contributed by atoms with Gasteiger partial charge in [0, 0.05) is 6.04 Å². The predicted octanol–water partition coefficient (Wildman–Crippen LogP) is 3.70. The van der Waals surface area contributed by atoms with Crippen molar-refractivity contribution in [3.63, 3.8) is 0 Å². The number of anilines is 1. The number of aromatic nitrogens is 2. The molecule has 3 aromatic rings. The lowest BCUT2D eigenvalue weighted by molar-refractivity contribution is 0.476. The number of halogens is 1. The molecule has 0 radical (unpaired) electrons. The average molecular weight is 338 g/mol. The Morgan fingerprint density at radius 1 is 1.16 bits per heavy atom. The normalized spacial score (nSPS) is 15.6. The molecule has 25 heavy (non-hydrogen) atoms. The van der Waals surface area contributed by atoms with Crippen molar-refractivity contribution in [2.75, 3.05) is 18.4 Å². The number of nitrogens with zero attached hydrogens (tertiary/aromatic N) is 2. The smallest absolute Gasteiger partial charge is 0.204 e. The number of imidazole rings is 1. The molecule has 5 heteroatoms. The molecule has 0 aliphatic carbocycles. The number of hydrogen-bond donors (Lipinski definition) is 2. The van der Waals surface area contributed by atoms with Crippen molar-refractivity contribution in [3.05, 3.63) is 59.4 Å². The highest BCUT2D eigenvalue weighted by molar-refractivity contribution is 5.79. The molecule has 130 valence electrons. The van der Waals surface area contributed by atoms with Gasteiger partial charge in [0.2, 0.25) is 5.95 Å². The molecule has 1 aromatic heterocycles. The van der Waals surface area contributed by atoms with Gasteiger partial charge in [-0.3, -0.25) is 0 Å². The molecule has 0 unspecified atom stereocenters. The summed E-state index contributed by atoms with van der Waals surface area (Å²) >= 11 is 0. The van der Waals surface area contributed by atoms with Gasteiger partial charge in [0.1, 0.15) is 5.82 Å². The molecule has 0 bridgehead atoms. The zero-order valence-corrected chi connectivity index (χ0v) is 14.4. The maximum absolute atomic E-state index is 13.2. The number of rotatable bonds is 4. The second kappa shape index (κ2) is 6.84. The van der Waals surface area contributed by atoms with Crippen molar-refractivity contribution >= 4 is 17.0 Å². The Morgan fingerprint density at radius 2 is 1.92 bits per heavy atom. The lowest BCUT2D eigenvalue weighted by atomic mass is 10.1. The van der Waals surface area contributed by atoms with Crippen LogP contribution in [-0.4, -0.2) is 28.7 Å². The van der Waals surface area contributed by atoms with E-state index in [0.717, 1.165) is 48.5 Å². The molecule has 2 aromatic carbocycles. The molecule has 4 rings (SSSR count). The summed E-state index contributed by atoms with van der Waals surface area (Å²) in [4.78, 5) is 4.84. The van der Waals surface area contributed by atoms with Crippen LogP contribution in [0.25, 0.3) is 11.0 Å². The maximum atomic E-state index is 13.2. The van der Waals surface area contributed by atoms with Gasteiger partial charge in [-0.15, -0.1) is 0 Å². The third-order valence-electron chi connectivity index (χ3n) is 4.83. The fourth-order valence-corrected chi connectivity index (χ4v) is 3.43. The fourth-order valence-electron chi connectivity index (χ4n) is 3.43. The lowest BCUT2D eigenvalue weighted by Crippen LogP contribution is -2.36. The van der Waals surface area contributed by atoms with Gasteiger partial charge in [-0.1, -0.05) is 18.2 Å². The van der Waals surface area contributed by atoms with Gasteiger partial charge >= 0.3 is 0 Å². The minimum Gasteiger partial charge on any atom is -0.353 e. The van der Waals surface area contributed by atoms with Crippen molar-refractivity contribution in [1.29, 1.82) is 0 Å². The second-order valence-electron chi connectivity index (χ2n) is 6.81. The van der Waals surface area contributed by atoms with E-state index in [4.69, 9.17) is 4.98 Å².